The third-order valence-corrected chi connectivity index (χ3v) is 3.09. The number of hydrogen-bond donors (Lipinski definition) is 1. The van der Waals surface area contributed by atoms with E-state index in [1.165, 1.54) is 0 Å². The van der Waals surface area contributed by atoms with Crippen LogP contribution in [0.15, 0.2) is 18.2 Å². The highest BCUT2D eigenvalue weighted by molar-refractivity contribution is 5.62. The lowest BCUT2D eigenvalue weighted by Crippen LogP contribution is -2.13. The molecule has 1 aromatic rings. The second kappa shape index (κ2) is 6.23. The fraction of sp³-hybridized carbons (Fsp3) is 0.538. The number of benzene rings is 1. The molecular formula is C13H20N2O2. The minimum absolute atomic E-state index is 0.163. The second-order valence-corrected chi connectivity index (χ2v) is 4.34. The molecule has 0 bridgehead atoms. The average Bonchev–Trinajstić information content (AvgIpc) is 2.31. The van der Waals surface area contributed by atoms with Gasteiger partial charge in [0.2, 0.25) is 0 Å². The number of hydrogen-bond acceptors (Lipinski definition) is 3. The Bertz CT molecular complexity index is 387. The van der Waals surface area contributed by atoms with Crippen molar-refractivity contribution in [3.05, 3.63) is 33.9 Å². The molecule has 0 saturated carbocycles. The molecule has 0 unspecified atom stereocenters. The number of aryl methyl sites for hydroxylation is 1. The molecule has 0 spiro atoms. The van der Waals surface area contributed by atoms with E-state index in [-0.39, 0.29) is 10.6 Å². The van der Waals surface area contributed by atoms with Crippen molar-refractivity contribution in [3.63, 3.8) is 0 Å². The van der Waals surface area contributed by atoms with Crippen LogP contribution >= 0.6 is 0 Å². The van der Waals surface area contributed by atoms with Crippen LogP contribution in [0.2, 0.25) is 0 Å². The standard InChI is InChI=1S/C13H20N2O2/c1-4-11(5-2)9-14-12-7-6-10(3)8-13(12)15(16)17/h6-8,11,14H,4-5,9H2,1-3H3. The van der Waals surface area contributed by atoms with Gasteiger partial charge in [-0.25, -0.2) is 0 Å². The fourth-order valence-corrected chi connectivity index (χ4v) is 1.77. The number of nitro benzene ring substituents is 1. The fourth-order valence-electron chi connectivity index (χ4n) is 1.77. The topological polar surface area (TPSA) is 55.2 Å². The quantitative estimate of drug-likeness (QED) is 0.604. The third-order valence-electron chi connectivity index (χ3n) is 3.09. The van der Waals surface area contributed by atoms with Gasteiger partial charge in [0.1, 0.15) is 5.69 Å². The van der Waals surface area contributed by atoms with Gasteiger partial charge in [0.25, 0.3) is 5.69 Å². The van der Waals surface area contributed by atoms with E-state index in [9.17, 15) is 10.1 Å². The van der Waals surface area contributed by atoms with Gasteiger partial charge >= 0.3 is 0 Å². The van der Waals surface area contributed by atoms with Gasteiger partial charge in [-0.3, -0.25) is 10.1 Å². The molecule has 0 fully saturated rings. The van der Waals surface area contributed by atoms with Gasteiger partial charge in [-0.2, -0.15) is 0 Å². The normalized spacial score (nSPS) is 10.6. The first kappa shape index (κ1) is 13.5. The zero-order chi connectivity index (χ0) is 12.8. The van der Waals surface area contributed by atoms with Gasteiger partial charge < -0.3 is 5.32 Å². The van der Waals surface area contributed by atoms with E-state index in [1.54, 1.807) is 12.1 Å². The summed E-state index contributed by atoms with van der Waals surface area (Å²) in [6, 6.07) is 5.29. The maximum atomic E-state index is 10.9. The van der Waals surface area contributed by atoms with Crippen LogP contribution in [0, 0.1) is 23.0 Å². The van der Waals surface area contributed by atoms with Crippen LogP contribution in [0.4, 0.5) is 11.4 Å². The van der Waals surface area contributed by atoms with Crippen molar-refractivity contribution in [2.24, 2.45) is 5.92 Å². The average molecular weight is 236 g/mol. The van der Waals surface area contributed by atoms with Crippen molar-refractivity contribution in [1.29, 1.82) is 0 Å². The van der Waals surface area contributed by atoms with Crippen LogP contribution in [0.5, 0.6) is 0 Å². The predicted octanol–water partition coefficient (Wildman–Crippen LogP) is 3.75. The Morgan fingerprint density at radius 2 is 2.00 bits per heavy atom. The molecule has 0 radical (unpaired) electrons. The summed E-state index contributed by atoms with van der Waals surface area (Å²) in [5.74, 6) is 0.566. The first-order chi connectivity index (χ1) is 8.08. The van der Waals surface area contributed by atoms with Crippen LogP contribution in [0.1, 0.15) is 32.3 Å². The van der Waals surface area contributed by atoms with E-state index >= 15 is 0 Å². The SMILES string of the molecule is CCC(CC)CNc1ccc(C)cc1[N+](=O)[O-]. The lowest BCUT2D eigenvalue weighted by atomic mass is 10.0. The van der Waals surface area contributed by atoms with Crippen molar-refractivity contribution in [1.82, 2.24) is 0 Å². The summed E-state index contributed by atoms with van der Waals surface area (Å²) in [5, 5.41) is 14.1. The van der Waals surface area contributed by atoms with Gasteiger partial charge in [0, 0.05) is 12.6 Å². The van der Waals surface area contributed by atoms with Crippen molar-refractivity contribution in [3.8, 4) is 0 Å². The van der Waals surface area contributed by atoms with E-state index in [1.807, 2.05) is 13.0 Å². The molecule has 0 heterocycles. The Balaban J connectivity index is 2.80. The Labute approximate surface area is 102 Å². The summed E-state index contributed by atoms with van der Waals surface area (Å²) in [4.78, 5) is 10.6. The summed E-state index contributed by atoms with van der Waals surface area (Å²) < 4.78 is 0. The van der Waals surface area contributed by atoms with E-state index in [4.69, 9.17) is 0 Å². The molecular weight excluding hydrogens is 216 g/mol. The smallest absolute Gasteiger partial charge is 0.292 e. The van der Waals surface area contributed by atoms with Crippen molar-refractivity contribution in [2.75, 3.05) is 11.9 Å². The van der Waals surface area contributed by atoms with Crippen molar-refractivity contribution >= 4 is 11.4 Å². The van der Waals surface area contributed by atoms with E-state index in [0.717, 1.165) is 24.9 Å². The molecule has 0 aliphatic rings. The Morgan fingerprint density at radius 3 is 2.53 bits per heavy atom. The number of nitro groups is 1. The van der Waals surface area contributed by atoms with Crippen LogP contribution in [0.25, 0.3) is 0 Å². The molecule has 1 N–H and O–H groups in total. The van der Waals surface area contributed by atoms with Gasteiger partial charge in [-0.1, -0.05) is 32.8 Å². The molecule has 0 aliphatic heterocycles. The number of anilines is 1. The Hall–Kier alpha value is -1.58. The van der Waals surface area contributed by atoms with Crippen molar-refractivity contribution < 1.29 is 4.92 Å². The van der Waals surface area contributed by atoms with Gasteiger partial charge in [-0.05, 0) is 24.5 Å². The van der Waals surface area contributed by atoms with Gasteiger partial charge in [-0.15, -0.1) is 0 Å². The summed E-state index contributed by atoms with van der Waals surface area (Å²) in [6.45, 7) is 6.92. The predicted molar refractivity (Wildman–Crippen MR) is 70.4 cm³/mol. The van der Waals surface area contributed by atoms with Crippen LogP contribution in [0.3, 0.4) is 0 Å². The molecule has 4 nitrogen and oxygen atoms in total. The molecule has 0 saturated heterocycles. The largest absolute Gasteiger partial charge is 0.379 e. The maximum absolute atomic E-state index is 10.9. The molecule has 0 atom stereocenters. The maximum Gasteiger partial charge on any atom is 0.292 e. The second-order valence-electron chi connectivity index (χ2n) is 4.34. The van der Waals surface area contributed by atoms with Crippen LogP contribution < -0.4 is 5.32 Å². The highest BCUT2D eigenvalue weighted by atomic mass is 16.6. The summed E-state index contributed by atoms with van der Waals surface area (Å²) >= 11 is 0. The number of nitrogens with zero attached hydrogens (tertiary/aromatic N) is 1. The van der Waals surface area contributed by atoms with Crippen molar-refractivity contribution in [2.45, 2.75) is 33.6 Å². The van der Waals surface area contributed by atoms with E-state index in [0.29, 0.717) is 11.6 Å². The van der Waals surface area contributed by atoms with Gasteiger partial charge in [0.15, 0.2) is 0 Å². The zero-order valence-corrected chi connectivity index (χ0v) is 10.7. The highest BCUT2D eigenvalue weighted by Crippen LogP contribution is 2.25. The summed E-state index contributed by atoms with van der Waals surface area (Å²) in [7, 11) is 0. The monoisotopic (exact) mass is 236 g/mol. The lowest BCUT2D eigenvalue weighted by molar-refractivity contribution is -0.384. The lowest BCUT2D eigenvalue weighted by Gasteiger charge is -2.14. The molecule has 0 amide bonds. The summed E-state index contributed by atoms with van der Waals surface area (Å²) in [6.07, 6.45) is 2.17. The molecule has 17 heavy (non-hydrogen) atoms. The molecule has 0 aliphatic carbocycles. The molecule has 4 heteroatoms. The minimum atomic E-state index is -0.331. The molecule has 0 aromatic heterocycles. The summed E-state index contributed by atoms with van der Waals surface area (Å²) in [5.41, 5.74) is 1.69. The number of nitrogens with one attached hydrogen (secondary N) is 1. The number of rotatable bonds is 6. The van der Waals surface area contributed by atoms with Gasteiger partial charge in [0.05, 0.1) is 4.92 Å². The van der Waals surface area contributed by atoms with Crippen LogP contribution in [-0.2, 0) is 0 Å². The first-order valence-electron chi connectivity index (χ1n) is 6.07. The van der Waals surface area contributed by atoms with E-state index in [2.05, 4.69) is 19.2 Å². The minimum Gasteiger partial charge on any atom is -0.379 e. The Kier molecular flexibility index (Phi) is 4.94. The molecule has 94 valence electrons. The van der Waals surface area contributed by atoms with Crippen LogP contribution in [-0.4, -0.2) is 11.5 Å². The molecule has 1 aromatic carbocycles. The molecule has 1 rings (SSSR count). The zero-order valence-electron chi connectivity index (χ0n) is 10.7. The Morgan fingerprint density at radius 1 is 1.35 bits per heavy atom. The van der Waals surface area contributed by atoms with E-state index < -0.39 is 0 Å². The first-order valence-corrected chi connectivity index (χ1v) is 6.07. The highest BCUT2D eigenvalue weighted by Gasteiger charge is 2.14. The third kappa shape index (κ3) is 3.73.